The molecule has 0 saturated carbocycles. The average molecular weight is 253 g/mol. The molecular formula is C18H23N. The van der Waals surface area contributed by atoms with Gasteiger partial charge in [0.2, 0.25) is 0 Å². The van der Waals surface area contributed by atoms with Crippen molar-refractivity contribution >= 4 is 0 Å². The van der Waals surface area contributed by atoms with Crippen molar-refractivity contribution in [2.24, 2.45) is 5.73 Å². The van der Waals surface area contributed by atoms with Gasteiger partial charge in [-0.25, -0.2) is 0 Å². The number of aryl methyl sites for hydroxylation is 2. The molecule has 1 heteroatoms. The van der Waals surface area contributed by atoms with E-state index < -0.39 is 0 Å². The third kappa shape index (κ3) is 3.45. The predicted octanol–water partition coefficient (Wildman–Crippen LogP) is 3.97. The van der Waals surface area contributed by atoms with Crippen LogP contribution in [0.5, 0.6) is 0 Å². The molecule has 0 radical (unpaired) electrons. The molecule has 0 aliphatic heterocycles. The summed E-state index contributed by atoms with van der Waals surface area (Å²) in [5.74, 6) is 0. The molecule has 2 aromatic carbocycles. The van der Waals surface area contributed by atoms with Crippen LogP contribution in [0.3, 0.4) is 0 Å². The molecule has 0 aromatic heterocycles. The Labute approximate surface area is 116 Å². The maximum absolute atomic E-state index is 6.51. The molecule has 0 fully saturated rings. The fraction of sp³-hybridized carbons (Fsp3) is 0.333. The fourth-order valence-corrected chi connectivity index (χ4v) is 2.47. The molecule has 100 valence electrons. The van der Waals surface area contributed by atoms with Crippen molar-refractivity contribution in [2.45, 2.75) is 39.2 Å². The molecule has 0 bridgehead atoms. The fourth-order valence-electron chi connectivity index (χ4n) is 2.47. The van der Waals surface area contributed by atoms with Gasteiger partial charge in [-0.15, -0.1) is 0 Å². The van der Waals surface area contributed by atoms with Crippen molar-refractivity contribution in [3.8, 4) is 0 Å². The molecule has 1 nitrogen and oxygen atoms in total. The molecule has 0 aliphatic rings. The molecular weight excluding hydrogens is 230 g/mol. The van der Waals surface area contributed by atoms with Gasteiger partial charge < -0.3 is 5.73 Å². The van der Waals surface area contributed by atoms with Crippen LogP contribution in [0.4, 0.5) is 0 Å². The zero-order valence-electron chi connectivity index (χ0n) is 12.1. The van der Waals surface area contributed by atoms with Gasteiger partial charge in [-0.3, -0.25) is 0 Å². The second kappa shape index (κ2) is 5.58. The molecule has 0 saturated heterocycles. The summed E-state index contributed by atoms with van der Waals surface area (Å²) in [6.45, 7) is 6.40. The first kappa shape index (κ1) is 13.8. The van der Waals surface area contributed by atoms with Gasteiger partial charge in [-0.05, 0) is 43.4 Å². The van der Waals surface area contributed by atoms with Gasteiger partial charge in [-0.2, -0.15) is 0 Å². The van der Waals surface area contributed by atoms with E-state index in [1.54, 1.807) is 0 Å². The standard InChI is InChI=1S/C18H23N/c1-4-15-8-10-17(11-9-15)18(3,19)13-16-7-5-6-14(2)12-16/h5-12H,4,13,19H2,1-3H3. The van der Waals surface area contributed by atoms with Crippen molar-refractivity contribution in [3.05, 3.63) is 70.8 Å². The highest BCUT2D eigenvalue weighted by atomic mass is 14.7. The van der Waals surface area contributed by atoms with Crippen molar-refractivity contribution in [3.63, 3.8) is 0 Å². The smallest absolute Gasteiger partial charge is 0.0421 e. The van der Waals surface area contributed by atoms with E-state index in [0.717, 1.165) is 12.8 Å². The Hall–Kier alpha value is -1.60. The van der Waals surface area contributed by atoms with E-state index in [-0.39, 0.29) is 5.54 Å². The van der Waals surface area contributed by atoms with E-state index in [2.05, 4.69) is 69.3 Å². The molecule has 0 amide bonds. The quantitative estimate of drug-likeness (QED) is 0.876. The van der Waals surface area contributed by atoms with Crippen LogP contribution in [0.25, 0.3) is 0 Å². The minimum absolute atomic E-state index is 0.319. The highest BCUT2D eigenvalue weighted by molar-refractivity contribution is 5.31. The van der Waals surface area contributed by atoms with Gasteiger partial charge in [0.15, 0.2) is 0 Å². The second-order valence-electron chi connectivity index (χ2n) is 5.63. The molecule has 1 atom stereocenters. The molecule has 0 spiro atoms. The molecule has 2 rings (SSSR count). The SMILES string of the molecule is CCc1ccc(C(C)(N)Cc2cccc(C)c2)cc1. The van der Waals surface area contributed by atoms with Gasteiger partial charge >= 0.3 is 0 Å². The monoisotopic (exact) mass is 253 g/mol. The minimum atomic E-state index is -0.319. The number of hydrogen-bond donors (Lipinski definition) is 1. The normalized spacial score (nSPS) is 14.1. The largest absolute Gasteiger partial charge is 0.321 e. The molecule has 19 heavy (non-hydrogen) atoms. The first-order chi connectivity index (χ1) is 9.01. The van der Waals surface area contributed by atoms with E-state index in [4.69, 9.17) is 5.73 Å². The zero-order valence-corrected chi connectivity index (χ0v) is 12.1. The van der Waals surface area contributed by atoms with Crippen LogP contribution in [0.15, 0.2) is 48.5 Å². The highest BCUT2D eigenvalue weighted by Crippen LogP contribution is 2.23. The maximum atomic E-state index is 6.51. The first-order valence-electron chi connectivity index (χ1n) is 6.95. The lowest BCUT2D eigenvalue weighted by Crippen LogP contribution is -2.35. The number of rotatable bonds is 4. The number of hydrogen-bond acceptors (Lipinski definition) is 1. The van der Waals surface area contributed by atoms with Crippen LogP contribution >= 0.6 is 0 Å². The van der Waals surface area contributed by atoms with Crippen LogP contribution in [-0.4, -0.2) is 0 Å². The summed E-state index contributed by atoms with van der Waals surface area (Å²) >= 11 is 0. The summed E-state index contributed by atoms with van der Waals surface area (Å²) in [7, 11) is 0. The average Bonchev–Trinajstić information content (AvgIpc) is 2.38. The Morgan fingerprint density at radius 2 is 1.68 bits per heavy atom. The highest BCUT2D eigenvalue weighted by Gasteiger charge is 2.21. The second-order valence-corrected chi connectivity index (χ2v) is 5.63. The van der Waals surface area contributed by atoms with Crippen LogP contribution in [0.2, 0.25) is 0 Å². The van der Waals surface area contributed by atoms with Gasteiger partial charge in [0.05, 0.1) is 0 Å². The van der Waals surface area contributed by atoms with Gasteiger partial charge in [0.25, 0.3) is 0 Å². The Kier molecular flexibility index (Phi) is 4.06. The summed E-state index contributed by atoms with van der Waals surface area (Å²) in [5.41, 5.74) is 11.3. The van der Waals surface area contributed by atoms with E-state index in [1.807, 2.05) is 0 Å². The van der Waals surface area contributed by atoms with Gasteiger partial charge in [0, 0.05) is 5.54 Å². The van der Waals surface area contributed by atoms with E-state index in [1.165, 1.54) is 22.3 Å². The Balaban J connectivity index is 2.21. The van der Waals surface area contributed by atoms with Crippen molar-refractivity contribution in [1.29, 1.82) is 0 Å². The van der Waals surface area contributed by atoms with Crippen molar-refractivity contribution < 1.29 is 0 Å². The summed E-state index contributed by atoms with van der Waals surface area (Å²) < 4.78 is 0. The summed E-state index contributed by atoms with van der Waals surface area (Å²) in [4.78, 5) is 0. The Morgan fingerprint density at radius 1 is 1.00 bits per heavy atom. The molecule has 0 aliphatic carbocycles. The zero-order chi connectivity index (χ0) is 13.9. The lowest BCUT2D eigenvalue weighted by Gasteiger charge is -2.26. The third-order valence-electron chi connectivity index (χ3n) is 3.68. The summed E-state index contributed by atoms with van der Waals surface area (Å²) in [6.07, 6.45) is 1.93. The topological polar surface area (TPSA) is 26.0 Å². The van der Waals surface area contributed by atoms with Crippen LogP contribution in [0, 0.1) is 6.92 Å². The van der Waals surface area contributed by atoms with Crippen molar-refractivity contribution in [2.75, 3.05) is 0 Å². The van der Waals surface area contributed by atoms with Crippen LogP contribution in [0.1, 0.15) is 36.1 Å². The maximum Gasteiger partial charge on any atom is 0.0421 e. The number of nitrogens with two attached hydrogens (primary N) is 1. The van der Waals surface area contributed by atoms with Gasteiger partial charge in [-0.1, -0.05) is 61.0 Å². The minimum Gasteiger partial charge on any atom is -0.321 e. The van der Waals surface area contributed by atoms with Crippen LogP contribution in [-0.2, 0) is 18.4 Å². The molecule has 2 aromatic rings. The van der Waals surface area contributed by atoms with E-state index in [0.29, 0.717) is 0 Å². The summed E-state index contributed by atoms with van der Waals surface area (Å²) in [5, 5.41) is 0. The Bertz CT molecular complexity index is 538. The van der Waals surface area contributed by atoms with Crippen molar-refractivity contribution in [1.82, 2.24) is 0 Å². The lowest BCUT2D eigenvalue weighted by molar-refractivity contribution is 0.491. The summed E-state index contributed by atoms with van der Waals surface area (Å²) in [6, 6.07) is 17.3. The van der Waals surface area contributed by atoms with Gasteiger partial charge in [0.1, 0.15) is 0 Å². The Morgan fingerprint density at radius 3 is 2.26 bits per heavy atom. The lowest BCUT2D eigenvalue weighted by atomic mass is 9.86. The number of benzene rings is 2. The molecule has 0 heterocycles. The first-order valence-corrected chi connectivity index (χ1v) is 6.95. The van der Waals surface area contributed by atoms with Crippen LogP contribution < -0.4 is 5.73 Å². The molecule has 2 N–H and O–H groups in total. The predicted molar refractivity (Wildman–Crippen MR) is 82.2 cm³/mol. The third-order valence-corrected chi connectivity index (χ3v) is 3.68. The van der Waals surface area contributed by atoms with E-state index >= 15 is 0 Å². The molecule has 1 unspecified atom stereocenters. The van der Waals surface area contributed by atoms with E-state index in [9.17, 15) is 0 Å².